The molecule has 5 nitrogen and oxygen atoms in total. The van der Waals surface area contributed by atoms with Gasteiger partial charge in [0.2, 0.25) is 0 Å². The highest BCUT2D eigenvalue weighted by molar-refractivity contribution is 4.94. The lowest BCUT2D eigenvalue weighted by Crippen LogP contribution is -2.16. The number of halogens is 1. The number of hydrogen-bond donors (Lipinski definition) is 1. The van der Waals surface area contributed by atoms with E-state index in [1.54, 1.807) is 6.92 Å². The van der Waals surface area contributed by atoms with E-state index in [0.29, 0.717) is 5.82 Å². The minimum atomic E-state index is -0.685. The number of aliphatic hydroxyl groups is 1. The molecule has 0 bridgehead atoms. The summed E-state index contributed by atoms with van der Waals surface area (Å²) in [6.07, 6.45) is 1.45. The summed E-state index contributed by atoms with van der Waals surface area (Å²) in [7, 11) is 0. The van der Waals surface area contributed by atoms with Gasteiger partial charge in [0.25, 0.3) is 0 Å². The van der Waals surface area contributed by atoms with Gasteiger partial charge in [0.05, 0.1) is 6.54 Å². The zero-order valence-corrected chi connectivity index (χ0v) is 7.73. The first-order valence-electron chi connectivity index (χ1n) is 4.13. The molecule has 0 aliphatic carbocycles. The second-order valence-electron chi connectivity index (χ2n) is 2.75. The van der Waals surface area contributed by atoms with Crippen LogP contribution in [0.5, 0.6) is 0 Å². The minimum absolute atomic E-state index is 0.120. The van der Waals surface area contributed by atoms with Gasteiger partial charge >= 0.3 is 5.76 Å². The lowest BCUT2D eigenvalue weighted by Gasteiger charge is -1.98. The molecule has 6 heteroatoms. The van der Waals surface area contributed by atoms with E-state index < -0.39 is 11.6 Å². The Bertz CT molecular complexity index is 380. The quantitative estimate of drug-likeness (QED) is 0.766. The van der Waals surface area contributed by atoms with Gasteiger partial charge in [0, 0.05) is 6.61 Å². The van der Waals surface area contributed by atoms with Crippen molar-refractivity contribution < 1.29 is 14.0 Å². The van der Waals surface area contributed by atoms with Crippen molar-refractivity contribution in [3.05, 3.63) is 28.3 Å². The molecule has 1 heterocycles. The number of aromatic nitrogens is 2. The summed E-state index contributed by atoms with van der Waals surface area (Å²) in [5.74, 6) is -0.856. The Kier molecular flexibility index (Phi) is 3.58. The van der Waals surface area contributed by atoms with Crippen LogP contribution in [0.4, 0.5) is 4.39 Å². The van der Waals surface area contributed by atoms with Crippen molar-refractivity contribution >= 4 is 0 Å². The number of hydrogen-bond acceptors (Lipinski definition) is 4. The molecule has 1 N–H and O–H groups in total. The third kappa shape index (κ3) is 2.53. The standard InChI is InChI=1S/C8H11FN2O3/c1-6-10-14-8(13)11(6)5-7(9)3-2-4-12/h3,12H,2,4-5H2,1H3. The fourth-order valence-electron chi connectivity index (χ4n) is 0.952. The summed E-state index contributed by atoms with van der Waals surface area (Å²) >= 11 is 0. The van der Waals surface area contributed by atoms with E-state index >= 15 is 0 Å². The second kappa shape index (κ2) is 4.71. The maximum absolute atomic E-state index is 13.0. The van der Waals surface area contributed by atoms with Gasteiger partial charge in [-0.3, -0.25) is 9.09 Å². The van der Waals surface area contributed by atoms with Gasteiger partial charge in [-0.25, -0.2) is 9.18 Å². The molecule has 0 radical (unpaired) electrons. The van der Waals surface area contributed by atoms with Gasteiger partial charge in [0.15, 0.2) is 5.82 Å². The summed E-state index contributed by atoms with van der Waals surface area (Å²) in [4.78, 5) is 10.9. The summed E-state index contributed by atoms with van der Waals surface area (Å²) < 4.78 is 18.4. The van der Waals surface area contributed by atoms with Gasteiger partial charge in [-0.15, -0.1) is 0 Å². The number of aliphatic hydroxyl groups excluding tert-OH is 1. The van der Waals surface area contributed by atoms with E-state index in [1.807, 2.05) is 0 Å². The molecule has 0 atom stereocenters. The summed E-state index contributed by atoms with van der Waals surface area (Å²) in [6.45, 7) is 1.23. The molecule has 0 aromatic carbocycles. The summed E-state index contributed by atoms with van der Waals surface area (Å²) in [5.41, 5.74) is 0. The topological polar surface area (TPSA) is 68.3 Å². The van der Waals surface area contributed by atoms with E-state index in [0.717, 1.165) is 4.57 Å². The van der Waals surface area contributed by atoms with Crippen molar-refractivity contribution in [1.29, 1.82) is 0 Å². The SMILES string of the molecule is Cc1noc(=O)n1CC(F)=CCCO. The van der Waals surface area contributed by atoms with Crippen LogP contribution in [0.25, 0.3) is 0 Å². The minimum Gasteiger partial charge on any atom is -0.396 e. The van der Waals surface area contributed by atoms with E-state index in [2.05, 4.69) is 9.68 Å². The van der Waals surface area contributed by atoms with E-state index in [4.69, 9.17) is 5.11 Å². The third-order valence-corrected chi connectivity index (χ3v) is 1.67. The van der Waals surface area contributed by atoms with Crippen molar-refractivity contribution in [3.8, 4) is 0 Å². The van der Waals surface area contributed by atoms with Crippen LogP contribution in [0.3, 0.4) is 0 Å². The molecule has 0 fully saturated rings. The smallest absolute Gasteiger partial charge is 0.396 e. The molecule has 1 rings (SSSR count). The predicted octanol–water partition coefficient (Wildman–Crippen LogP) is 0.381. The number of rotatable bonds is 4. The van der Waals surface area contributed by atoms with E-state index in [1.165, 1.54) is 6.08 Å². The lowest BCUT2D eigenvalue weighted by molar-refractivity contribution is 0.301. The van der Waals surface area contributed by atoms with Gasteiger partial charge < -0.3 is 5.11 Å². The molecule has 1 aromatic rings. The molecule has 0 saturated heterocycles. The Balaban J connectivity index is 2.74. The molecule has 0 saturated carbocycles. The summed E-state index contributed by atoms with van der Waals surface area (Å²) in [6, 6.07) is 0. The van der Waals surface area contributed by atoms with Crippen LogP contribution >= 0.6 is 0 Å². The number of nitrogens with zero attached hydrogens (tertiary/aromatic N) is 2. The van der Waals surface area contributed by atoms with Crippen molar-refractivity contribution in [2.75, 3.05) is 6.61 Å². The van der Waals surface area contributed by atoms with E-state index in [9.17, 15) is 9.18 Å². The van der Waals surface area contributed by atoms with Crippen LogP contribution < -0.4 is 5.76 Å². The van der Waals surface area contributed by atoms with Crippen LogP contribution in [0.1, 0.15) is 12.2 Å². The van der Waals surface area contributed by atoms with Gasteiger partial charge in [-0.2, -0.15) is 0 Å². The Hall–Kier alpha value is -1.43. The monoisotopic (exact) mass is 202 g/mol. The second-order valence-corrected chi connectivity index (χ2v) is 2.75. The van der Waals surface area contributed by atoms with Crippen molar-refractivity contribution in [1.82, 2.24) is 9.72 Å². The van der Waals surface area contributed by atoms with Crippen molar-refractivity contribution in [2.45, 2.75) is 19.9 Å². The lowest BCUT2D eigenvalue weighted by atomic mass is 10.3. The van der Waals surface area contributed by atoms with Crippen LogP contribution in [0.2, 0.25) is 0 Å². The molecule has 0 unspecified atom stereocenters. The molecule has 0 aliphatic rings. The maximum Gasteiger partial charge on any atom is 0.441 e. The molecule has 14 heavy (non-hydrogen) atoms. The third-order valence-electron chi connectivity index (χ3n) is 1.67. The maximum atomic E-state index is 13.0. The predicted molar refractivity (Wildman–Crippen MR) is 46.4 cm³/mol. The zero-order valence-electron chi connectivity index (χ0n) is 7.73. The Morgan fingerprint density at radius 2 is 2.50 bits per heavy atom. The molecule has 1 aromatic heterocycles. The molecule has 0 amide bonds. The highest BCUT2D eigenvalue weighted by atomic mass is 19.1. The van der Waals surface area contributed by atoms with Gasteiger partial charge in [0.1, 0.15) is 5.83 Å². The fraction of sp³-hybridized carbons (Fsp3) is 0.500. The molecular weight excluding hydrogens is 191 g/mol. The Morgan fingerprint density at radius 1 is 1.79 bits per heavy atom. The van der Waals surface area contributed by atoms with Crippen LogP contribution in [0.15, 0.2) is 21.2 Å². The Labute approximate surface area is 79.4 Å². The first kappa shape index (κ1) is 10.6. The first-order valence-corrected chi connectivity index (χ1v) is 4.13. The van der Waals surface area contributed by atoms with Crippen LogP contribution in [0, 0.1) is 6.92 Å². The summed E-state index contributed by atoms with van der Waals surface area (Å²) in [5, 5.41) is 11.8. The normalized spacial score (nSPS) is 12.1. The largest absolute Gasteiger partial charge is 0.441 e. The van der Waals surface area contributed by atoms with Gasteiger partial charge in [-0.1, -0.05) is 5.16 Å². The van der Waals surface area contributed by atoms with Crippen LogP contribution in [-0.2, 0) is 6.54 Å². The number of aryl methyl sites for hydroxylation is 1. The fourth-order valence-corrected chi connectivity index (χ4v) is 0.952. The van der Waals surface area contributed by atoms with Crippen LogP contribution in [-0.4, -0.2) is 21.4 Å². The average Bonchev–Trinajstić information content (AvgIpc) is 2.46. The van der Waals surface area contributed by atoms with Crippen molar-refractivity contribution in [3.63, 3.8) is 0 Å². The molecule has 78 valence electrons. The Morgan fingerprint density at radius 3 is 3.00 bits per heavy atom. The van der Waals surface area contributed by atoms with Gasteiger partial charge in [-0.05, 0) is 19.4 Å². The molecule has 0 spiro atoms. The highest BCUT2D eigenvalue weighted by Gasteiger charge is 2.07. The number of allylic oxidation sites excluding steroid dienone is 1. The molecular formula is C8H11FN2O3. The van der Waals surface area contributed by atoms with Crippen molar-refractivity contribution in [2.24, 2.45) is 0 Å². The first-order chi connectivity index (χ1) is 6.65. The average molecular weight is 202 g/mol. The molecule has 0 aliphatic heterocycles. The zero-order chi connectivity index (χ0) is 10.6. The van der Waals surface area contributed by atoms with E-state index in [-0.39, 0.29) is 19.6 Å². The highest BCUT2D eigenvalue weighted by Crippen LogP contribution is 2.02.